The molecule has 2 aliphatic rings. The minimum Gasteiger partial charge on any atom is -0.367 e. The van der Waals surface area contributed by atoms with Crippen LogP contribution in [-0.4, -0.2) is 45.5 Å². The van der Waals surface area contributed by atoms with Gasteiger partial charge in [-0.3, -0.25) is 9.88 Å². The van der Waals surface area contributed by atoms with E-state index in [0.29, 0.717) is 18.1 Å². The fourth-order valence-corrected chi connectivity index (χ4v) is 3.73. The summed E-state index contributed by atoms with van der Waals surface area (Å²) < 4.78 is 29.0. The number of nitrogens with zero attached hydrogens (tertiary/aromatic N) is 4. The number of hydrogen-bond donors (Lipinski definition) is 2. The first-order valence-electron chi connectivity index (χ1n) is 9.02. The molecule has 6 nitrogen and oxygen atoms in total. The van der Waals surface area contributed by atoms with Crippen LogP contribution in [0.4, 0.5) is 20.4 Å². The van der Waals surface area contributed by atoms with Crippen molar-refractivity contribution in [1.29, 1.82) is 0 Å². The van der Waals surface area contributed by atoms with Crippen LogP contribution in [0.25, 0.3) is 0 Å². The summed E-state index contributed by atoms with van der Waals surface area (Å²) in [5.74, 6) is -1.28. The van der Waals surface area contributed by atoms with Gasteiger partial charge in [0.2, 0.25) is 0 Å². The Morgan fingerprint density at radius 1 is 1.26 bits per heavy atom. The van der Waals surface area contributed by atoms with Gasteiger partial charge < -0.3 is 10.6 Å². The van der Waals surface area contributed by atoms with Crippen molar-refractivity contribution in [1.82, 2.24) is 19.9 Å². The van der Waals surface area contributed by atoms with Crippen molar-refractivity contribution in [2.45, 2.75) is 37.8 Å². The van der Waals surface area contributed by atoms with Gasteiger partial charge in [0.05, 0.1) is 23.2 Å². The molecule has 0 bridgehead atoms. The zero-order chi connectivity index (χ0) is 19.0. The number of hydrogen-bond acceptors (Lipinski definition) is 6. The molecule has 1 unspecified atom stereocenters. The summed E-state index contributed by atoms with van der Waals surface area (Å²) in [7, 11) is 0. The molecule has 1 atom stereocenters. The van der Waals surface area contributed by atoms with E-state index in [2.05, 4.69) is 32.5 Å². The Morgan fingerprint density at radius 3 is 2.70 bits per heavy atom. The number of nitrogens with one attached hydrogen (secondary N) is 2. The Hall–Kier alpha value is -2.06. The van der Waals surface area contributed by atoms with E-state index in [1.54, 1.807) is 4.90 Å². The molecule has 0 saturated carbocycles. The topological polar surface area (TPSA) is 66.0 Å². The SMILES string of the molecule is CC1Nc2ncnc(NC3CCN(CC(F)(F)c4ccc(Cl)cn4)CC3)c21. The lowest BCUT2D eigenvalue weighted by atomic mass is 10.0. The van der Waals surface area contributed by atoms with Gasteiger partial charge in [-0.2, -0.15) is 8.78 Å². The maximum Gasteiger partial charge on any atom is 0.302 e. The number of aromatic nitrogens is 3. The molecule has 2 aliphatic heterocycles. The van der Waals surface area contributed by atoms with E-state index in [0.717, 1.165) is 30.0 Å². The van der Waals surface area contributed by atoms with Crippen molar-refractivity contribution in [3.63, 3.8) is 0 Å². The van der Waals surface area contributed by atoms with E-state index in [1.807, 2.05) is 0 Å². The standard InChI is InChI=1S/C18H21ClF2N6/c1-11-15-16(25-11)23-10-24-17(15)26-13-4-6-27(7-5-13)9-18(20,21)14-3-2-12(19)8-22-14/h2-3,8,10-11,13H,4-7,9H2,1H3,(H2,23,24,25,26). The first-order valence-corrected chi connectivity index (χ1v) is 9.40. The summed E-state index contributed by atoms with van der Waals surface area (Å²) in [6, 6.07) is 3.18. The Bertz CT molecular complexity index is 808. The average Bonchev–Trinajstić information content (AvgIpc) is 2.62. The molecule has 0 amide bonds. The predicted octanol–water partition coefficient (Wildman–Crippen LogP) is 3.68. The molecule has 2 aromatic heterocycles. The molecule has 1 saturated heterocycles. The fraction of sp³-hybridized carbons (Fsp3) is 0.500. The van der Waals surface area contributed by atoms with Gasteiger partial charge in [0.25, 0.3) is 0 Å². The van der Waals surface area contributed by atoms with Crippen LogP contribution in [0.5, 0.6) is 0 Å². The molecule has 2 aromatic rings. The van der Waals surface area contributed by atoms with E-state index in [9.17, 15) is 8.78 Å². The summed E-state index contributed by atoms with van der Waals surface area (Å²) in [6.45, 7) is 2.93. The highest BCUT2D eigenvalue weighted by Gasteiger charge is 2.37. The second-order valence-corrected chi connectivity index (χ2v) is 7.55. The molecule has 0 aliphatic carbocycles. The predicted molar refractivity (Wildman–Crippen MR) is 100 cm³/mol. The third kappa shape index (κ3) is 3.82. The number of anilines is 2. The summed E-state index contributed by atoms with van der Waals surface area (Å²) >= 11 is 5.73. The highest BCUT2D eigenvalue weighted by Crippen LogP contribution is 2.38. The summed E-state index contributed by atoms with van der Waals surface area (Å²) in [5, 5.41) is 7.03. The number of pyridine rings is 1. The Kier molecular flexibility index (Phi) is 4.86. The lowest BCUT2D eigenvalue weighted by Crippen LogP contribution is -2.44. The van der Waals surface area contributed by atoms with Crippen molar-refractivity contribution < 1.29 is 8.78 Å². The van der Waals surface area contributed by atoms with Crippen molar-refractivity contribution in [2.75, 3.05) is 30.3 Å². The van der Waals surface area contributed by atoms with Gasteiger partial charge in [-0.1, -0.05) is 11.6 Å². The number of fused-ring (bicyclic) bond motifs is 1. The minimum absolute atomic E-state index is 0.218. The molecule has 2 N–H and O–H groups in total. The molecule has 0 aromatic carbocycles. The van der Waals surface area contributed by atoms with Crippen LogP contribution >= 0.6 is 11.6 Å². The van der Waals surface area contributed by atoms with Gasteiger partial charge >= 0.3 is 5.92 Å². The van der Waals surface area contributed by atoms with E-state index in [-0.39, 0.29) is 24.3 Å². The molecule has 4 rings (SSSR count). The van der Waals surface area contributed by atoms with Crippen molar-refractivity contribution >= 4 is 23.2 Å². The van der Waals surface area contributed by atoms with Gasteiger partial charge in [0.1, 0.15) is 23.7 Å². The maximum atomic E-state index is 14.5. The highest BCUT2D eigenvalue weighted by molar-refractivity contribution is 6.30. The molecule has 144 valence electrons. The van der Waals surface area contributed by atoms with Crippen LogP contribution in [-0.2, 0) is 5.92 Å². The smallest absolute Gasteiger partial charge is 0.302 e. The first-order chi connectivity index (χ1) is 12.9. The van der Waals surface area contributed by atoms with Crippen LogP contribution in [0.2, 0.25) is 5.02 Å². The number of alkyl halides is 2. The van der Waals surface area contributed by atoms with Gasteiger partial charge in [-0.25, -0.2) is 9.97 Å². The number of halogens is 3. The number of rotatable bonds is 5. The van der Waals surface area contributed by atoms with Gasteiger partial charge in [-0.15, -0.1) is 0 Å². The van der Waals surface area contributed by atoms with E-state index in [4.69, 9.17) is 11.6 Å². The first kappa shape index (κ1) is 18.3. The zero-order valence-corrected chi connectivity index (χ0v) is 15.7. The monoisotopic (exact) mass is 394 g/mol. The third-order valence-electron chi connectivity index (χ3n) is 5.12. The lowest BCUT2D eigenvalue weighted by molar-refractivity contribution is -0.0457. The minimum atomic E-state index is -3.00. The third-order valence-corrected chi connectivity index (χ3v) is 5.35. The highest BCUT2D eigenvalue weighted by atomic mass is 35.5. The molecular formula is C18H21ClF2N6. The van der Waals surface area contributed by atoms with Crippen molar-refractivity contribution in [2.24, 2.45) is 0 Å². The average molecular weight is 395 g/mol. The largest absolute Gasteiger partial charge is 0.367 e. The van der Waals surface area contributed by atoms with Crippen LogP contribution in [0.1, 0.15) is 37.1 Å². The maximum absolute atomic E-state index is 14.5. The van der Waals surface area contributed by atoms with Crippen LogP contribution in [0, 0.1) is 0 Å². The number of piperidine rings is 1. The molecule has 9 heteroatoms. The molecule has 1 fully saturated rings. The second-order valence-electron chi connectivity index (χ2n) is 7.11. The quantitative estimate of drug-likeness (QED) is 0.806. The Balaban J connectivity index is 1.33. The normalized spacial score (nSPS) is 20.5. The molecule has 0 radical (unpaired) electrons. The Labute approximate surface area is 161 Å². The summed E-state index contributed by atoms with van der Waals surface area (Å²) in [4.78, 5) is 14.1. The summed E-state index contributed by atoms with van der Waals surface area (Å²) in [5.41, 5.74) is 0.856. The van der Waals surface area contributed by atoms with Crippen LogP contribution < -0.4 is 10.6 Å². The van der Waals surface area contributed by atoms with Gasteiger partial charge in [0, 0.05) is 25.3 Å². The lowest BCUT2D eigenvalue weighted by Gasteiger charge is -2.36. The van der Waals surface area contributed by atoms with E-state index >= 15 is 0 Å². The zero-order valence-electron chi connectivity index (χ0n) is 14.9. The van der Waals surface area contributed by atoms with Gasteiger partial charge in [0.15, 0.2) is 0 Å². The molecule has 4 heterocycles. The van der Waals surface area contributed by atoms with E-state index < -0.39 is 5.92 Å². The molecule has 0 spiro atoms. The van der Waals surface area contributed by atoms with E-state index in [1.165, 1.54) is 24.7 Å². The van der Waals surface area contributed by atoms with Gasteiger partial charge in [-0.05, 0) is 31.9 Å². The number of likely N-dealkylation sites (tertiary alicyclic amines) is 1. The van der Waals surface area contributed by atoms with Crippen molar-refractivity contribution in [3.05, 3.63) is 40.9 Å². The fourth-order valence-electron chi connectivity index (χ4n) is 3.62. The second kappa shape index (κ2) is 7.16. The molecular weight excluding hydrogens is 374 g/mol. The van der Waals surface area contributed by atoms with Crippen molar-refractivity contribution in [3.8, 4) is 0 Å². The van der Waals surface area contributed by atoms with Crippen LogP contribution in [0.15, 0.2) is 24.7 Å². The summed E-state index contributed by atoms with van der Waals surface area (Å²) in [6.07, 6.45) is 4.36. The Morgan fingerprint density at radius 2 is 2.04 bits per heavy atom. The van der Waals surface area contributed by atoms with Crippen LogP contribution in [0.3, 0.4) is 0 Å². The molecule has 27 heavy (non-hydrogen) atoms.